The topological polar surface area (TPSA) is 37.8 Å². The highest BCUT2D eigenvalue weighted by Gasteiger charge is 2.29. The van der Waals surface area contributed by atoms with Crippen molar-refractivity contribution in [3.05, 3.63) is 21.6 Å². The van der Waals surface area contributed by atoms with Gasteiger partial charge in [0.25, 0.3) is 5.56 Å². The lowest BCUT2D eigenvalue weighted by atomic mass is 10.2. The number of halogens is 3. The lowest BCUT2D eigenvalue weighted by Crippen LogP contribution is -2.27. The van der Waals surface area contributed by atoms with Crippen molar-refractivity contribution in [3.8, 4) is 0 Å². The van der Waals surface area contributed by atoms with Crippen molar-refractivity contribution in [1.82, 2.24) is 9.78 Å². The number of alkyl halides is 3. The lowest BCUT2D eigenvalue weighted by Gasteiger charge is -2.05. The van der Waals surface area contributed by atoms with Gasteiger partial charge >= 0.3 is 6.18 Å². The van der Waals surface area contributed by atoms with Gasteiger partial charge in [-0.05, 0) is 13.3 Å². The Balaban J connectivity index is 3.06. The number of aromatic amines is 1. The molecule has 0 aliphatic carbocycles. The molecular formula is C8H11F3N2O. The molecule has 0 atom stereocenters. The second-order valence-electron chi connectivity index (χ2n) is 3.08. The number of hydrogen-bond donors (Lipinski definition) is 1. The molecule has 14 heavy (non-hydrogen) atoms. The minimum absolute atomic E-state index is 0.358. The highest BCUT2D eigenvalue weighted by atomic mass is 19.4. The van der Waals surface area contributed by atoms with E-state index in [0.29, 0.717) is 22.4 Å². The summed E-state index contributed by atoms with van der Waals surface area (Å²) in [5, 5.41) is 2.44. The van der Waals surface area contributed by atoms with Gasteiger partial charge in [-0.25, -0.2) is 4.68 Å². The van der Waals surface area contributed by atoms with Crippen LogP contribution in [-0.2, 0) is 13.0 Å². The number of H-pyrrole nitrogens is 1. The molecule has 0 saturated heterocycles. The quantitative estimate of drug-likeness (QED) is 0.787. The Morgan fingerprint density at radius 2 is 2.00 bits per heavy atom. The zero-order chi connectivity index (χ0) is 10.9. The Hall–Kier alpha value is -1.20. The fourth-order valence-corrected chi connectivity index (χ4v) is 1.26. The molecule has 0 radical (unpaired) electrons. The molecule has 0 aliphatic rings. The Bertz CT molecular complexity index is 375. The molecule has 0 bridgehead atoms. The van der Waals surface area contributed by atoms with Crippen molar-refractivity contribution in [2.24, 2.45) is 0 Å². The van der Waals surface area contributed by atoms with E-state index in [1.807, 2.05) is 0 Å². The van der Waals surface area contributed by atoms with Crippen molar-refractivity contribution in [2.75, 3.05) is 0 Å². The Labute approximate surface area is 78.5 Å². The Morgan fingerprint density at radius 3 is 2.36 bits per heavy atom. The van der Waals surface area contributed by atoms with Crippen LogP contribution in [0.1, 0.15) is 18.2 Å². The normalized spacial score (nSPS) is 12.1. The van der Waals surface area contributed by atoms with Gasteiger partial charge in [0.1, 0.15) is 6.54 Å². The van der Waals surface area contributed by atoms with Gasteiger partial charge in [0, 0.05) is 11.3 Å². The summed E-state index contributed by atoms with van der Waals surface area (Å²) in [6, 6.07) is 0. The third-order valence-electron chi connectivity index (χ3n) is 1.98. The van der Waals surface area contributed by atoms with Crippen LogP contribution in [-0.4, -0.2) is 16.0 Å². The molecule has 6 heteroatoms. The van der Waals surface area contributed by atoms with Crippen LogP contribution in [0, 0.1) is 6.92 Å². The van der Waals surface area contributed by atoms with E-state index in [0.717, 1.165) is 0 Å². The monoisotopic (exact) mass is 208 g/mol. The molecule has 0 aromatic carbocycles. The summed E-state index contributed by atoms with van der Waals surface area (Å²) in [5.41, 5.74) is 0.315. The van der Waals surface area contributed by atoms with Crippen LogP contribution in [0.15, 0.2) is 4.79 Å². The van der Waals surface area contributed by atoms with Crippen LogP contribution in [0.4, 0.5) is 13.2 Å². The summed E-state index contributed by atoms with van der Waals surface area (Å²) in [7, 11) is 0. The maximum Gasteiger partial charge on any atom is 0.408 e. The van der Waals surface area contributed by atoms with E-state index in [4.69, 9.17) is 0 Å². The van der Waals surface area contributed by atoms with Gasteiger partial charge in [-0.15, -0.1) is 0 Å². The number of aryl methyl sites for hydroxylation is 1. The van der Waals surface area contributed by atoms with Crippen molar-refractivity contribution in [2.45, 2.75) is 33.0 Å². The fourth-order valence-electron chi connectivity index (χ4n) is 1.26. The molecule has 3 nitrogen and oxygen atoms in total. The molecule has 0 aliphatic heterocycles. The predicted molar refractivity (Wildman–Crippen MR) is 45.2 cm³/mol. The number of nitrogens with one attached hydrogen (secondary N) is 1. The SMILES string of the molecule is CCc1[nH]n(CC(F)(F)F)c(=O)c1C. The van der Waals surface area contributed by atoms with Gasteiger partial charge in [0.2, 0.25) is 0 Å². The van der Waals surface area contributed by atoms with Gasteiger partial charge in [-0.1, -0.05) is 6.92 Å². The number of nitrogens with zero attached hydrogens (tertiary/aromatic N) is 1. The Kier molecular flexibility index (Phi) is 2.73. The maximum atomic E-state index is 12.0. The molecule has 0 saturated carbocycles. The van der Waals surface area contributed by atoms with E-state index in [1.165, 1.54) is 6.92 Å². The van der Waals surface area contributed by atoms with Crippen molar-refractivity contribution >= 4 is 0 Å². The first-order valence-corrected chi connectivity index (χ1v) is 4.20. The molecular weight excluding hydrogens is 197 g/mol. The van der Waals surface area contributed by atoms with E-state index in [1.54, 1.807) is 6.92 Å². The van der Waals surface area contributed by atoms with Crippen LogP contribution >= 0.6 is 0 Å². The average Bonchev–Trinajstić information content (AvgIpc) is 2.30. The smallest absolute Gasteiger partial charge is 0.299 e. The minimum Gasteiger partial charge on any atom is -0.299 e. The van der Waals surface area contributed by atoms with E-state index >= 15 is 0 Å². The van der Waals surface area contributed by atoms with Crippen molar-refractivity contribution in [3.63, 3.8) is 0 Å². The van der Waals surface area contributed by atoms with Crippen molar-refractivity contribution < 1.29 is 13.2 Å². The first-order chi connectivity index (χ1) is 6.35. The van der Waals surface area contributed by atoms with Gasteiger partial charge < -0.3 is 0 Å². The zero-order valence-electron chi connectivity index (χ0n) is 7.90. The molecule has 0 amide bonds. The summed E-state index contributed by atoms with van der Waals surface area (Å²) in [6.45, 7) is 2.04. The Morgan fingerprint density at radius 1 is 1.43 bits per heavy atom. The van der Waals surface area contributed by atoms with Gasteiger partial charge in [0.15, 0.2) is 0 Å². The third-order valence-corrected chi connectivity index (χ3v) is 1.98. The number of hydrogen-bond acceptors (Lipinski definition) is 1. The molecule has 80 valence electrons. The van der Waals surface area contributed by atoms with Gasteiger partial charge in [0.05, 0.1) is 0 Å². The molecule has 0 unspecified atom stereocenters. The fraction of sp³-hybridized carbons (Fsp3) is 0.625. The van der Waals surface area contributed by atoms with Gasteiger partial charge in [-0.3, -0.25) is 9.89 Å². The third kappa shape index (κ3) is 2.18. The van der Waals surface area contributed by atoms with Crippen LogP contribution in [0.2, 0.25) is 0 Å². The second kappa shape index (κ2) is 3.51. The summed E-state index contributed by atoms with van der Waals surface area (Å²) in [4.78, 5) is 11.3. The van der Waals surface area contributed by atoms with Crippen LogP contribution in [0.25, 0.3) is 0 Å². The molecule has 0 fully saturated rings. The van der Waals surface area contributed by atoms with Crippen LogP contribution in [0.5, 0.6) is 0 Å². The number of aromatic nitrogens is 2. The minimum atomic E-state index is -4.37. The largest absolute Gasteiger partial charge is 0.408 e. The molecule has 0 spiro atoms. The van der Waals surface area contributed by atoms with Crippen molar-refractivity contribution in [1.29, 1.82) is 0 Å². The first-order valence-electron chi connectivity index (χ1n) is 4.20. The highest BCUT2D eigenvalue weighted by Crippen LogP contribution is 2.16. The highest BCUT2D eigenvalue weighted by molar-refractivity contribution is 5.14. The predicted octanol–water partition coefficient (Wildman–Crippen LogP) is 1.61. The second-order valence-corrected chi connectivity index (χ2v) is 3.08. The molecule has 1 aromatic rings. The maximum absolute atomic E-state index is 12.0. The zero-order valence-corrected chi connectivity index (χ0v) is 7.90. The summed E-state index contributed by atoms with van der Waals surface area (Å²) >= 11 is 0. The summed E-state index contributed by atoms with van der Waals surface area (Å²) in [5.74, 6) is 0. The van der Waals surface area contributed by atoms with Gasteiger partial charge in [-0.2, -0.15) is 13.2 Å². The molecule has 1 heterocycles. The molecule has 1 N–H and O–H groups in total. The summed E-state index contributed by atoms with van der Waals surface area (Å²) in [6.07, 6.45) is -3.85. The van der Waals surface area contributed by atoms with E-state index in [2.05, 4.69) is 5.10 Å². The lowest BCUT2D eigenvalue weighted by molar-refractivity contribution is -0.143. The molecule has 1 rings (SSSR count). The summed E-state index contributed by atoms with van der Waals surface area (Å²) < 4.78 is 36.6. The first kappa shape index (κ1) is 10.9. The molecule has 1 aromatic heterocycles. The van der Waals surface area contributed by atoms with Crippen LogP contribution in [0.3, 0.4) is 0 Å². The standard InChI is InChI=1S/C8H11F3N2O/c1-3-6-5(2)7(14)13(12-6)4-8(9,10)11/h12H,3-4H2,1-2H3. The van der Waals surface area contributed by atoms with E-state index in [9.17, 15) is 18.0 Å². The van der Waals surface area contributed by atoms with E-state index in [-0.39, 0.29) is 0 Å². The average molecular weight is 208 g/mol. The van der Waals surface area contributed by atoms with E-state index < -0.39 is 18.3 Å². The van der Waals surface area contributed by atoms with Crippen LogP contribution < -0.4 is 5.56 Å². The number of rotatable bonds is 2.